The van der Waals surface area contributed by atoms with Crippen molar-refractivity contribution >= 4 is 22.7 Å². The van der Waals surface area contributed by atoms with Crippen LogP contribution in [0.2, 0.25) is 0 Å². The summed E-state index contributed by atoms with van der Waals surface area (Å²) in [7, 11) is 1.55. The molecule has 4 aromatic rings. The number of hydrogen-bond donors (Lipinski definition) is 1. The number of aromatic nitrogens is 4. The third-order valence-corrected chi connectivity index (χ3v) is 3.92. The molecule has 0 bridgehead atoms. The summed E-state index contributed by atoms with van der Waals surface area (Å²) in [5, 5.41) is 3.50. The zero-order chi connectivity index (χ0) is 18.1. The van der Waals surface area contributed by atoms with Crippen LogP contribution in [0.5, 0.6) is 5.75 Å². The van der Waals surface area contributed by atoms with Crippen molar-refractivity contribution in [2.75, 3.05) is 12.4 Å². The molecule has 0 radical (unpaired) electrons. The normalized spacial score (nSPS) is 10.8. The number of benzene rings is 1. The van der Waals surface area contributed by atoms with E-state index >= 15 is 0 Å². The zero-order valence-corrected chi connectivity index (χ0v) is 14.1. The van der Waals surface area contributed by atoms with Crippen LogP contribution in [0.4, 0.5) is 5.82 Å². The molecule has 130 valence electrons. The average molecular weight is 349 g/mol. The molecule has 3 heterocycles. The van der Waals surface area contributed by atoms with Crippen LogP contribution in [0.1, 0.15) is 16.4 Å². The van der Waals surface area contributed by atoms with Crippen LogP contribution in [-0.4, -0.2) is 32.5 Å². The van der Waals surface area contributed by atoms with Crippen LogP contribution in [0.3, 0.4) is 0 Å². The van der Waals surface area contributed by atoms with E-state index in [0.717, 1.165) is 11.2 Å². The molecule has 0 atom stereocenters. The van der Waals surface area contributed by atoms with Gasteiger partial charge in [0, 0.05) is 23.8 Å². The first kappa shape index (κ1) is 15.8. The molecule has 0 unspecified atom stereocenters. The lowest BCUT2D eigenvalue weighted by molar-refractivity contribution is 0.0998. The number of carbonyl (C=O) groups is 1. The minimum absolute atomic E-state index is 0.170. The maximum Gasteiger partial charge on any atom is 0.292 e. The maximum absolute atomic E-state index is 12.5. The molecular formula is C18H15N5O3. The highest BCUT2D eigenvalue weighted by atomic mass is 16.5. The average Bonchev–Trinajstić information content (AvgIpc) is 3.27. The third-order valence-electron chi connectivity index (χ3n) is 3.92. The van der Waals surface area contributed by atoms with Gasteiger partial charge in [-0.05, 0) is 19.1 Å². The van der Waals surface area contributed by atoms with E-state index in [9.17, 15) is 4.79 Å². The molecule has 26 heavy (non-hydrogen) atoms. The van der Waals surface area contributed by atoms with E-state index in [2.05, 4.69) is 20.3 Å². The van der Waals surface area contributed by atoms with Crippen molar-refractivity contribution in [1.29, 1.82) is 0 Å². The Morgan fingerprint density at radius 1 is 1.23 bits per heavy atom. The first-order valence-electron chi connectivity index (χ1n) is 7.86. The van der Waals surface area contributed by atoms with Gasteiger partial charge in [0.25, 0.3) is 5.91 Å². The van der Waals surface area contributed by atoms with Crippen LogP contribution < -0.4 is 10.1 Å². The molecule has 0 spiro atoms. The number of methoxy groups -OCH3 is 1. The van der Waals surface area contributed by atoms with Gasteiger partial charge in [0.1, 0.15) is 23.8 Å². The molecule has 0 fully saturated rings. The molecule has 1 amide bonds. The Balaban J connectivity index is 1.62. The summed E-state index contributed by atoms with van der Waals surface area (Å²) in [4.78, 5) is 25.0. The van der Waals surface area contributed by atoms with Crippen molar-refractivity contribution in [3.05, 3.63) is 60.6 Å². The van der Waals surface area contributed by atoms with Crippen molar-refractivity contribution in [3.63, 3.8) is 0 Å². The highest BCUT2D eigenvalue weighted by molar-refractivity contribution is 6.04. The number of rotatable bonds is 4. The number of amides is 1. The Bertz CT molecular complexity index is 1100. The number of furan rings is 1. The van der Waals surface area contributed by atoms with Gasteiger partial charge >= 0.3 is 0 Å². The maximum atomic E-state index is 12.5. The standard InChI is InChI=1S/C18H15N5O3/c1-11-19-6-7-23(11)16-9-15(20-10-21-16)22-18(24)14-8-12-4-3-5-13(25-2)17(12)26-14/h3-10H,1-2H3,(H,20,21,22,24). The number of hydrogen-bond acceptors (Lipinski definition) is 6. The second kappa shape index (κ2) is 6.32. The van der Waals surface area contributed by atoms with Crippen molar-refractivity contribution in [3.8, 4) is 11.6 Å². The predicted octanol–water partition coefficient (Wildman–Crippen LogP) is 2.98. The molecule has 3 aromatic heterocycles. The summed E-state index contributed by atoms with van der Waals surface area (Å²) >= 11 is 0. The number of imidazole rings is 1. The van der Waals surface area contributed by atoms with Crippen LogP contribution in [-0.2, 0) is 0 Å². The van der Waals surface area contributed by atoms with E-state index in [0.29, 0.717) is 23.0 Å². The second-order valence-electron chi connectivity index (χ2n) is 5.55. The van der Waals surface area contributed by atoms with E-state index in [1.807, 2.05) is 19.1 Å². The van der Waals surface area contributed by atoms with Crippen LogP contribution in [0.15, 0.2) is 53.5 Å². The van der Waals surface area contributed by atoms with Gasteiger partial charge in [0.05, 0.1) is 7.11 Å². The van der Waals surface area contributed by atoms with Crippen LogP contribution in [0.25, 0.3) is 16.8 Å². The lowest BCUT2D eigenvalue weighted by Gasteiger charge is -2.06. The summed E-state index contributed by atoms with van der Waals surface area (Å²) in [6, 6.07) is 8.79. The van der Waals surface area contributed by atoms with Gasteiger partial charge in [-0.3, -0.25) is 9.36 Å². The summed E-state index contributed by atoms with van der Waals surface area (Å²) in [5.41, 5.74) is 0.526. The number of para-hydroxylation sites is 1. The summed E-state index contributed by atoms with van der Waals surface area (Å²) in [6.45, 7) is 1.86. The Hall–Kier alpha value is -3.68. The molecule has 0 saturated carbocycles. The molecule has 1 aromatic carbocycles. The number of carbonyl (C=O) groups excluding carboxylic acids is 1. The largest absolute Gasteiger partial charge is 0.493 e. The monoisotopic (exact) mass is 349 g/mol. The number of nitrogens with zero attached hydrogens (tertiary/aromatic N) is 4. The molecular weight excluding hydrogens is 334 g/mol. The zero-order valence-electron chi connectivity index (χ0n) is 14.1. The van der Waals surface area contributed by atoms with E-state index in [1.165, 1.54) is 6.33 Å². The summed E-state index contributed by atoms with van der Waals surface area (Å²) in [6.07, 6.45) is 4.85. The summed E-state index contributed by atoms with van der Waals surface area (Å²) in [5.74, 6) is 2.09. The lowest BCUT2D eigenvalue weighted by Crippen LogP contribution is -2.13. The first-order chi connectivity index (χ1) is 12.7. The molecule has 1 N–H and O–H groups in total. The van der Waals surface area contributed by atoms with Crippen LogP contribution in [0, 0.1) is 6.92 Å². The number of ether oxygens (including phenoxy) is 1. The van der Waals surface area contributed by atoms with Gasteiger partial charge in [0.15, 0.2) is 17.1 Å². The highest BCUT2D eigenvalue weighted by Gasteiger charge is 2.16. The fourth-order valence-corrected chi connectivity index (χ4v) is 2.65. The number of anilines is 1. The van der Waals surface area contributed by atoms with Crippen molar-refractivity contribution in [1.82, 2.24) is 19.5 Å². The highest BCUT2D eigenvalue weighted by Crippen LogP contribution is 2.28. The van der Waals surface area contributed by atoms with Crippen LogP contribution >= 0.6 is 0 Å². The van der Waals surface area contributed by atoms with E-state index in [1.54, 1.807) is 42.3 Å². The number of fused-ring (bicyclic) bond motifs is 1. The quantitative estimate of drug-likeness (QED) is 0.608. The van der Waals surface area contributed by atoms with Crippen molar-refractivity contribution in [2.24, 2.45) is 0 Å². The van der Waals surface area contributed by atoms with Gasteiger partial charge in [-0.2, -0.15) is 0 Å². The SMILES string of the molecule is COc1cccc2cc(C(=O)Nc3cc(-n4ccnc4C)ncn3)oc12. The van der Waals surface area contributed by atoms with Gasteiger partial charge < -0.3 is 14.5 Å². The smallest absolute Gasteiger partial charge is 0.292 e. The minimum Gasteiger partial charge on any atom is -0.493 e. The minimum atomic E-state index is -0.407. The fourth-order valence-electron chi connectivity index (χ4n) is 2.65. The first-order valence-corrected chi connectivity index (χ1v) is 7.86. The van der Waals surface area contributed by atoms with Gasteiger partial charge in [-0.1, -0.05) is 12.1 Å². The Morgan fingerprint density at radius 2 is 2.12 bits per heavy atom. The number of aryl methyl sites for hydroxylation is 1. The molecule has 0 aliphatic carbocycles. The van der Waals surface area contributed by atoms with E-state index in [4.69, 9.17) is 9.15 Å². The van der Waals surface area contributed by atoms with E-state index < -0.39 is 5.91 Å². The van der Waals surface area contributed by atoms with Gasteiger partial charge in [-0.15, -0.1) is 0 Å². The molecule has 8 nitrogen and oxygen atoms in total. The molecule has 0 saturated heterocycles. The van der Waals surface area contributed by atoms with Gasteiger partial charge in [-0.25, -0.2) is 15.0 Å². The van der Waals surface area contributed by atoms with Crippen molar-refractivity contribution < 1.29 is 13.9 Å². The Labute approximate surface area is 148 Å². The fraction of sp³-hybridized carbons (Fsp3) is 0.111. The second-order valence-corrected chi connectivity index (χ2v) is 5.55. The molecule has 0 aliphatic rings. The van der Waals surface area contributed by atoms with Crippen molar-refractivity contribution in [2.45, 2.75) is 6.92 Å². The Morgan fingerprint density at radius 3 is 2.88 bits per heavy atom. The molecule has 0 aliphatic heterocycles. The predicted molar refractivity (Wildman–Crippen MR) is 94.6 cm³/mol. The topological polar surface area (TPSA) is 95.1 Å². The third kappa shape index (κ3) is 2.77. The number of nitrogens with one attached hydrogen (secondary N) is 1. The summed E-state index contributed by atoms with van der Waals surface area (Å²) < 4.78 is 12.7. The molecule has 8 heteroatoms. The Kier molecular flexibility index (Phi) is 3.85. The molecule has 4 rings (SSSR count). The van der Waals surface area contributed by atoms with Gasteiger partial charge in [0.2, 0.25) is 0 Å². The van der Waals surface area contributed by atoms with E-state index in [-0.39, 0.29) is 5.76 Å². The lowest BCUT2D eigenvalue weighted by atomic mass is 10.2.